The van der Waals surface area contributed by atoms with Crippen LogP contribution in [0.5, 0.6) is 0 Å². The molecular weight excluding hydrogens is 408 g/mol. The minimum Gasteiger partial charge on any atom is -0.342 e. The van der Waals surface area contributed by atoms with Crippen LogP contribution in [0.15, 0.2) is 84.6 Å². The molecule has 33 heavy (non-hydrogen) atoms. The molecule has 0 bridgehead atoms. The minimum absolute atomic E-state index is 0.0231. The average Bonchev–Trinajstić information content (AvgIpc) is 3.20. The molecule has 1 heterocycles. The highest BCUT2D eigenvalue weighted by molar-refractivity contribution is 6.10. The van der Waals surface area contributed by atoms with E-state index in [4.69, 9.17) is 0 Å². The number of nitrogens with one attached hydrogen (secondary N) is 1. The van der Waals surface area contributed by atoms with Crippen LogP contribution in [-0.4, -0.2) is 10.5 Å². The van der Waals surface area contributed by atoms with Crippen molar-refractivity contribution in [1.29, 1.82) is 10.5 Å². The fourth-order valence-electron chi connectivity index (χ4n) is 3.80. The summed E-state index contributed by atoms with van der Waals surface area (Å²) in [5.41, 5.74) is 5.11. The monoisotopic (exact) mass is 430 g/mol. The Bertz CT molecular complexity index is 1430. The number of hydrogen-bond acceptors (Lipinski definition) is 3. The number of nitrogens with zero attached hydrogens (tertiary/aromatic N) is 3. The van der Waals surface area contributed by atoms with Gasteiger partial charge in [0, 0.05) is 34.9 Å². The molecular formula is C28H22N4O. The fourth-order valence-corrected chi connectivity index (χ4v) is 3.80. The number of amides is 1. The molecule has 5 heteroatoms. The zero-order valence-electron chi connectivity index (χ0n) is 18.2. The van der Waals surface area contributed by atoms with Crippen molar-refractivity contribution in [2.24, 2.45) is 0 Å². The van der Waals surface area contributed by atoms with Crippen LogP contribution in [0, 0.1) is 22.7 Å². The number of carbonyl (C=O) groups is 1. The zero-order chi connectivity index (χ0) is 23.2. The number of rotatable bonds is 6. The summed E-state index contributed by atoms with van der Waals surface area (Å²) in [6.07, 6.45) is 4.45. The Morgan fingerprint density at radius 1 is 1.00 bits per heavy atom. The number of anilines is 1. The van der Waals surface area contributed by atoms with E-state index in [1.165, 1.54) is 5.56 Å². The van der Waals surface area contributed by atoms with E-state index < -0.39 is 5.91 Å². The summed E-state index contributed by atoms with van der Waals surface area (Å²) in [7, 11) is 0. The first-order chi connectivity index (χ1) is 16.1. The molecule has 0 radical (unpaired) electrons. The third-order valence-corrected chi connectivity index (χ3v) is 5.58. The van der Waals surface area contributed by atoms with Crippen molar-refractivity contribution in [3.8, 4) is 12.1 Å². The number of aryl methyl sites for hydroxylation is 1. The first kappa shape index (κ1) is 21.6. The number of para-hydroxylation sites is 1. The zero-order valence-corrected chi connectivity index (χ0v) is 18.2. The second kappa shape index (κ2) is 9.68. The smallest absolute Gasteiger partial charge is 0.266 e. The predicted molar refractivity (Wildman–Crippen MR) is 130 cm³/mol. The summed E-state index contributed by atoms with van der Waals surface area (Å²) < 4.78 is 2.04. The molecule has 0 aliphatic rings. The molecule has 0 saturated carbocycles. The molecule has 0 fully saturated rings. The summed E-state index contributed by atoms with van der Waals surface area (Å²) in [5, 5.41) is 22.8. The van der Waals surface area contributed by atoms with Crippen molar-refractivity contribution in [3.63, 3.8) is 0 Å². The maximum absolute atomic E-state index is 12.8. The molecule has 0 saturated heterocycles. The maximum Gasteiger partial charge on any atom is 0.266 e. The van der Waals surface area contributed by atoms with Gasteiger partial charge in [0.1, 0.15) is 11.6 Å². The van der Waals surface area contributed by atoms with Crippen molar-refractivity contribution < 1.29 is 4.79 Å². The molecule has 1 amide bonds. The molecule has 0 spiro atoms. The van der Waals surface area contributed by atoms with Crippen LogP contribution in [0.2, 0.25) is 0 Å². The lowest BCUT2D eigenvalue weighted by Crippen LogP contribution is -2.13. The van der Waals surface area contributed by atoms with Crippen LogP contribution in [0.3, 0.4) is 0 Å². The number of fused-ring (bicyclic) bond motifs is 1. The highest BCUT2D eigenvalue weighted by atomic mass is 16.1. The van der Waals surface area contributed by atoms with Crippen LogP contribution in [0.25, 0.3) is 17.0 Å². The Labute approximate surface area is 192 Å². The summed E-state index contributed by atoms with van der Waals surface area (Å²) >= 11 is 0. The van der Waals surface area contributed by atoms with Gasteiger partial charge in [-0.1, -0.05) is 55.5 Å². The Morgan fingerprint density at radius 3 is 2.45 bits per heavy atom. The van der Waals surface area contributed by atoms with Gasteiger partial charge in [-0.05, 0) is 47.9 Å². The Morgan fingerprint density at radius 2 is 1.73 bits per heavy atom. The van der Waals surface area contributed by atoms with E-state index in [0.29, 0.717) is 17.8 Å². The molecule has 0 aliphatic carbocycles. The van der Waals surface area contributed by atoms with Gasteiger partial charge in [0.25, 0.3) is 5.91 Å². The van der Waals surface area contributed by atoms with Crippen molar-refractivity contribution in [1.82, 2.24) is 4.57 Å². The molecule has 160 valence electrons. The Kier molecular flexibility index (Phi) is 6.34. The highest BCUT2D eigenvalue weighted by Crippen LogP contribution is 2.25. The van der Waals surface area contributed by atoms with Gasteiger partial charge in [-0.3, -0.25) is 4.79 Å². The van der Waals surface area contributed by atoms with Crippen LogP contribution in [0.1, 0.15) is 29.2 Å². The first-order valence-electron chi connectivity index (χ1n) is 10.7. The Balaban J connectivity index is 1.67. The number of hydrogen-bond donors (Lipinski definition) is 1. The summed E-state index contributed by atoms with van der Waals surface area (Å²) in [6.45, 7) is 2.58. The van der Waals surface area contributed by atoms with Crippen molar-refractivity contribution in [2.45, 2.75) is 19.9 Å². The topological polar surface area (TPSA) is 81.6 Å². The van der Waals surface area contributed by atoms with Gasteiger partial charge in [-0.2, -0.15) is 10.5 Å². The quantitative estimate of drug-likeness (QED) is 0.316. The SMILES string of the molecule is CCc1ccc(NC(=O)/C(C#N)=C\c2cn(Cc3ccccc3C#N)c3ccccc23)cc1. The lowest BCUT2D eigenvalue weighted by Gasteiger charge is -2.07. The van der Waals surface area contributed by atoms with E-state index in [0.717, 1.165) is 28.5 Å². The second-order valence-corrected chi connectivity index (χ2v) is 7.67. The van der Waals surface area contributed by atoms with Gasteiger partial charge in [0.2, 0.25) is 0 Å². The van der Waals surface area contributed by atoms with E-state index >= 15 is 0 Å². The maximum atomic E-state index is 12.8. The normalized spacial score (nSPS) is 11.1. The van der Waals surface area contributed by atoms with Gasteiger partial charge < -0.3 is 9.88 Å². The summed E-state index contributed by atoms with van der Waals surface area (Å²) in [5.74, 6) is -0.451. The van der Waals surface area contributed by atoms with Crippen LogP contribution >= 0.6 is 0 Å². The molecule has 4 aromatic rings. The summed E-state index contributed by atoms with van der Waals surface area (Å²) in [6, 6.07) is 27.2. The van der Waals surface area contributed by atoms with E-state index in [1.54, 1.807) is 12.1 Å². The Hall–Kier alpha value is -4.61. The average molecular weight is 431 g/mol. The highest BCUT2D eigenvalue weighted by Gasteiger charge is 2.14. The fraction of sp³-hybridized carbons (Fsp3) is 0.107. The van der Waals surface area contributed by atoms with E-state index in [1.807, 2.05) is 83.6 Å². The van der Waals surface area contributed by atoms with Gasteiger partial charge >= 0.3 is 0 Å². The van der Waals surface area contributed by atoms with E-state index in [-0.39, 0.29) is 5.57 Å². The minimum atomic E-state index is -0.451. The van der Waals surface area contributed by atoms with Crippen LogP contribution in [0.4, 0.5) is 5.69 Å². The molecule has 1 aromatic heterocycles. The molecule has 0 aliphatic heterocycles. The van der Waals surface area contributed by atoms with E-state index in [9.17, 15) is 15.3 Å². The largest absolute Gasteiger partial charge is 0.342 e. The lowest BCUT2D eigenvalue weighted by atomic mass is 10.1. The lowest BCUT2D eigenvalue weighted by molar-refractivity contribution is -0.112. The third-order valence-electron chi connectivity index (χ3n) is 5.58. The standard InChI is InChI=1S/C28H22N4O/c1-2-20-11-13-25(14-12-20)31-28(33)23(17-30)15-24-19-32(27-10-6-5-9-26(24)27)18-22-8-4-3-7-21(22)16-29/h3-15,19H,2,18H2,1H3,(H,31,33)/b23-15-. The molecule has 3 aromatic carbocycles. The number of aromatic nitrogens is 1. The van der Waals surface area contributed by atoms with Gasteiger partial charge in [0.05, 0.1) is 11.6 Å². The van der Waals surface area contributed by atoms with E-state index in [2.05, 4.69) is 18.3 Å². The molecule has 0 atom stereocenters. The molecule has 5 nitrogen and oxygen atoms in total. The number of nitriles is 2. The van der Waals surface area contributed by atoms with Gasteiger partial charge in [0.15, 0.2) is 0 Å². The first-order valence-corrected chi connectivity index (χ1v) is 10.7. The molecule has 0 unspecified atom stereocenters. The van der Waals surface area contributed by atoms with Gasteiger partial charge in [-0.15, -0.1) is 0 Å². The second-order valence-electron chi connectivity index (χ2n) is 7.67. The summed E-state index contributed by atoms with van der Waals surface area (Å²) in [4.78, 5) is 12.8. The third kappa shape index (κ3) is 4.69. The van der Waals surface area contributed by atoms with Crippen molar-refractivity contribution in [3.05, 3.63) is 107 Å². The van der Waals surface area contributed by atoms with Gasteiger partial charge in [-0.25, -0.2) is 0 Å². The van der Waals surface area contributed by atoms with Crippen LogP contribution < -0.4 is 5.32 Å². The van der Waals surface area contributed by atoms with Crippen molar-refractivity contribution >= 4 is 28.6 Å². The van der Waals surface area contributed by atoms with Crippen molar-refractivity contribution in [2.75, 3.05) is 5.32 Å². The van der Waals surface area contributed by atoms with Crippen LogP contribution in [-0.2, 0) is 17.8 Å². The predicted octanol–water partition coefficient (Wildman–Crippen LogP) is 5.67. The molecule has 4 rings (SSSR count). The number of carbonyl (C=O) groups excluding carboxylic acids is 1. The number of benzene rings is 3. The molecule has 1 N–H and O–H groups in total.